The van der Waals surface area contributed by atoms with Crippen LogP contribution < -0.4 is 5.32 Å². The second-order valence-corrected chi connectivity index (χ2v) is 8.41. The topological polar surface area (TPSA) is 59.8 Å². The number of aryl methyl sites for hydroxylation is 2. The quantitative estimate of drug-likeness (QED) is 0.510. The minimum absolute atomic E-state index is 0.0242. The standard InChI is InChI=1S/C22H25ClN4OS/c1-5-20(28)24-16(4)21-25-26-22(29-13-17-8-6-7-14(2)11-17)27(21)19-12-18(23)10-9-15(19)3/h6-12,16H,5,13H2,1-4H3,(H,24,28). The molecule has 3 rings (SSSR count). The number of rotatable bonds is 7. The summed E-state index contributed by atoms with van der Waals surface area (Å²) >= 11 is 7.90. The minimum Gasteiger partial charge on any atom is -0.346 e. The number of nitrogens with zero attached hydrogens (tertiary/aromatic N) is 3. The van der Waals surface area contributed by atoms with Crippen LogP contribution in [0.1, 0.15) is 48.8 Å². The van der Waals surface area contributed by atoms with Gasteiger partial charge in [0.15, 0.2) is 11.0 Å². The molecule has 1 heterocycles. The van der Waals surface area contributed by atoms with Crippen molar-refractivity contribution in [1.82, 2.24) is 20.1 Å². The first-order valence-electron chi connectivity index (χ1n) is 9.58. The van der Waals surface area contributed by atoms with Gasteiger partial charge in [-0.05, 0) is 44.0 Å². The average molecular weight is 429 g/mol. The molecule has 1 N–H and O–H groups in total. The molecular weight excluding hydrogens is 404 g/mol. The third-order valence-corrected chi connectivity index (χ3v) is 5.84. The zero-order chi connectivity index (χ0) is 21.0. The van der Waals surface area contributed by atoms with E-state index in [-0.39, 0.29) is 11.9 Å². The molecule has 1 unspecified atom stereocenters. The second kappa shape index (κ2) is 9.46. The van der Waals surface area contributed by atoms with Gasteiger partial charge in [-0.3, -0.25) is 9.36 Å². The number of halogens is 1. The molecule has 0 aliphatic heterocycles. The fourth-order valence-corrected chi connectivity index (χ4v) is 4.12. The summed E-state index contributed by atoms with van der Waals surface area (Å²) in [5.41, 5.74) is 4.43. The molecule has 0 spiro atoms. The monoisotopic (exact) mass is 428 g/mol. The maximum atomic E-state index is 11.9. The number of nitrogens with one attached hydrogen (secondary N) is 1. The largest absolute Gasteiger partial charge is 0.346 e. The number of amides is 1. The van der Waals surface area contributed by atoms with Crippen molar-refractivity contribution in [3.63, 3.8) is 0 Å². The molecule has 0 fully saturated rings. The van der Waals surface area contributed by atoms with E-state index >= 15 is 0 Å². The van der Waals surface area contributed by atoms with E-state index in [1.54, 1.807) is 11.8 Å². The highest BCUT2D eigenvalue weighted by atomic mass is 35.5. The SMILES string of the molecule is CCC(=O)NC(C)c1nnc(SCc2cccc(C)c2)n1-c1cc(Cl)ccc1C. The van der Waals surface area contributed by atoms with Crippen molar-refractivity contribution in [3.8, 4) is 5.69 Å². The van der Waals surface area contributed by atoms with E-state index in [4.69, 9.17) is 11.6 Å². The van der Waals surface area contributed by atoms with Gasteiger partial charge in [0.05, 0.1) is 11.7 Å². The van der Waals surface area contributed by atoms with Crippen LogP contribution in [0.3, 0.4) is 0 Å². The lowest BCUT2D eigenvalue weighted by molar-refractivity contribution is -0.121. The van der Waals surface area contributed by atoms with E-state index in [0.29, 0.717) is 17.3 Å². The van der Waals surface area contributed by atoms with E-state index in [1.807, 2.05) is 43.5 Å². The molecule has 0 bridgehead atoms. The minimum atomic E-state index is -0.276. The first-order chi connectivity index (χ1) is 13.9. The van der Waals surface area contributed by atoms with Gasteiger partial charge < -0.3 is 5.32 Å². The van der Waals surface area contributed by atoms with Crippen LogP contribution in [0.25, 0.3) is 5.69 Å². The molecular formula is C22H25ClN4OS. The highest BCUT2D eigenvalue weighted by molar-refractivity contribution is 7.98. The Morgan fingerprint density at radius 2 is 2.00 bits per heavy atom. The van der Waals surface area contributed by atoms with Crippen molar-refractivity contribution in [1.29, 1.82) is 0 Å². The summed E-state index contributed by atoms with van der Waals surface area (Å²) in [6.07, 6.45) is 0.420. The van der Waals surface area contributed by atoms with Crippen LogP contribution in [-0.4, -0.2) is 20.7 Å². The van der Waals surface area contributed by atoms with Crippen molar-refractivity contribution in [3.05, 3.63) is 70.0 Å². The lowest BCUT2D eigenvalue weighted by Gasteiger charge is -2.17. The summed E-state index contributed by atoms with van der Waals surface area (Å²) in [5, 5.41) is 13.2. The molecule has 0 saturated heterocycles. The summed E-state index contributed by atoms with van der Waals surface area (Å²) in [5.74, 6) is 1.43. The van der Waals surface area contributed by atoms with Gasteiger partial charge in [-0.15, -0.1) is 10.2 Å². The lowest BCUT2D eigenvalue weighted by atomic mass is 10.2. The molecule has 2 aromatic carbocycles. The van der Waals surface area contributed by atoms with Crippen LogP contribution in [0.4, 0.5) is 0 Å². The molecule has 1 atom stereocenters. The summed E-state index contributed by atoms with van der Waals surface area (Å²) in [6, 6.07) is 13.9. The number of hydrogen-bond acceptors (Lipinski definition) is 4. The summed E-state index contributed by atoms with van der Waals surface area (Å²) in [6.45, 7) is 7.86. The molecule has 3 aromatic rings. The van der Waals surface area contributed by atoms with Gasteiger partial charge in [0.1, 0.15) is 0 Å². The lowest BCUT2D eigenvalue weighted by Crippen LogP contribution is -2.28. The molecule has 1 amide bonds. The third kappa shape index (κ3) is 5.19. The number of thioether (sulfide) groups is 1. The van der Waals surface area contributed by atoms with Crippen molar-refractivity contribution >= 4 is 29.3 Å². The van der Waals surface area contributed by atoms with Crippen LogP contribution in [0.5, 0.6) is 0 Å². The first kappa shape index (κ1) is 21.4. The zero-order valence-corrected chi connectivity index (χ0v) is 18.6. The fraction of sp³-hybridized carbons (Fsp3) is 0.318. The first-order valence-corrected chi connectivity index (χ1v) is 10.9. The van der Waals surface area contributed by atoms with Gasteiger partial charge in [-0.1, -0.05) is 66.2 Å². The van der Waals surface area contributed by atoms with Crippen molar-refractivity contribution in [2.45, 2.75) is 51.1 Å². The summed E-state index contributed by atoms with van der Waals surface area (Å²) in [4.78, 5) is 11.9. The van der Waals surface area contributed by atoms with Crippen LogP contribution in [0.2, 0.25) is 5.02 Å². The van der Waals surface area contributed by atoms with Crippen LogP contribution >= 0.6 is 23.4 Å². The van der Waals surface area contributed by atoms with Gasteiger partial charge in [-0.2, -0.15) is 0 Å². The van der Waals surface area contributed by atoms with Crippen LogP contribution in [0.15, 0.2) is 47.6 Å². The van der Waals surface area contributed by atoms with Crippen molar-refractivity contribution in [2.75, 3.05) is 0 Å². The Bertz CT molecular complexity index is 1020. The third-order valence-electron chi connectivity index (χ3n) is 4.61. The zero-order valence-electron chi connectivity index (χ0n) is 17.1. The number of carbonyl (C=O) groups is 1. The Morgan fingerprint density at radius 3 is 2.72 bits per heavy atom. The van der Waals surface area contributed by atoms with Gasteiger partial charge >= 0.3 is 0 Å². The number of hydrogen-bond donors (Lipinski definition) is 1. The Hall–Kier alpha value is -2.31. The molecule has 0 radical (unpaired) electrons. The van der Waals surface area contributed by atoms with Crippen LogP contribution in [0, 0.1) is 13.8 Å². The number of carbonyl (C=O) groups excluding carboxylic acids is 1. The fourth-order valence-electron chi connectivity index (χ4n) is 3.06. The van der Waals surface area contributed by atoms with E-state index in [9.17, 15) is 4.79 Å². The second-order valence-electron chi connectivity index (χ2n) is 7.03. The molecule has 1 aromatic heterocycles. The van der Waals surface area contributed by atoms with Crippen molar-refractivity contribution < 1.29 is 4.79 Å². The smallest absolute Gasteiger partial charge is 0.220 e. The summed E-state index contributed by atoms with van der Waals surface area (Å²) in [7, 11) is 0. The normalized spacial score (nSPS) is 12.0. The number of benzene rings is 2. The Labute approximate surface area is 180 Å². The number of aromatic nitrogens is 3. The van der Waals surface area contributed by atoms with Gasteiger partial charge in [0, 0.05) is 17.2 Å². The predicted octanol–water partition coefficient (Wildman–Crippen LogP) is 5.42. The van der Waals surface area contributed by atoms with Crippen molar-refractivity contribution in [2.24, 2.45) is 0 Å². The van der Waals surface area contributed by atoms with E-state index in [0.717, 1.165) is 22.2 Å². The van der Waals surface area contributed by atoms with Gasteiger partial charge in [-0.25, -0.2) is 0 Å². The van der Waals surface area contributed by atoms with E-state index < -0.39 is 0 Å². The predicted molar refractivity (Wildman–Crippen MR) is 119 cm³/mol. The van der Waals surface area contributed by atoms with Crippen LogP contribution in [-0.2, 0) is 10.5 Å². The van der Waals surface area contributed by atoms with Gasteiger partial charge in [0.2, 0.25) is 5.91 Å². The molecule has 29 heavy (non-hydrogen) atoms. The highest BCUT2D eigenvalue weighted by Gasteiger charge is 2.22. The Balaban J connectivity index is 1.99. The molecule has 0 aliphatic rings. The molecule has 0 aliphatic carbocycles. The maximum Gasteiger partial charge on any atom is 0.220 e. The molecule has 0 saturated carbocycles. The molecule has 5 nitrogen and oxygen atoms in total. The maximum absolute atomic E-state index is 11.9. The Kier molecular flexibility index (Phi) is 6.98. The average Bonchev–Trinajstić information content (AvgIpc) is 3.12. The molecule has 152 valence electrons. The Morgan fingerprint density at radius 1 is 1.21 bits per heavy atom. The molecule has 7 heteroatoms. The highest BCUT2D eigenvalue weighted by Crippen LogP contribution is 2.30. The summed E-state index contributed by atoms with van der Waals surface area (Å²) < 4.78 is 2.00. The van der Waals surface area contributed by atoms with E-state index in [1.165, 1.54) is 11.1 Å². The van der Waals surface area contributed by atoms with E-state index in [2.05, 4.69) is 46.7 Å². The van der Waals surface area contributed by atoms with Gasteiger partial charge in [0.25, 0.3) is 0 Å².